The molecule has 1 aromatic rings. The zero-order valence-corrected chi connectivity index (χ0v) is 15.3. The zero-order valence-electron chi connectivity index (χ0n) is 12.1. The average molecular weight is 407 g/mol. The molecule has 0 spiro atoms. The molecule has 1 aliphatic rings. The Morgan fingerprint density at radius 3 is 2.20 bits per heavy atom. The van der Waals surface area contributed by atoms with E-state index >= 15 is 0 Å². The second-order valence-corrected chi connectivity index (χ2v) is 7.96. The van der Waals surface area contributed by atoms with Crippen LogP contribution in [0.25, 0.3) is 0 Å². The van der Waals surface area contributed by atoms with Crippen molar-refractivity contribution < 1.29 is 9.31 Å². The highest BCUT2D eigenvalue weighted by atomic mass is 127. The molecule has 0 aromatic heterocycles. The molecule has 5 nitrogen and oxygen atoms in total. The number of hydrogen-bond donors (Lipinski definition) is 2. The first kappa shape index (κ1) is 16.3. The molecule has 0 radical (unpaired) electrons. The molecule has 8 heteroatoms. The number of nitrogens with two attached hydrogens (primary N) is 2. The third kappa shape index (κ3) is 2.92. The SMILES string of the molecule is CC1(C)OB(c2ccc(N(N)PI)c(N)c2)OC1(C)C. The van der Waals surface area contributed by atoms with Gasteiger partial charge in [0.15, 0.2) is 0 Å². The third-order valence-electron chi connectivity index (χ3n) is 3.93. The van der Waals surface area contributed by atoms with Crippen molar-refractivity contribution in [2.75, 3.05) is 10.5 Å². The summed E-state index contributed by atoms with van der Waals surface area (Å²) in [5.74, 6) is 5.88. The van der Waals surface area contributed by atoms with Crippen molar-refractivity contribution in [3.63, 3.8) is 0 Å². The zero-order chi connectivity index (χ0) is 15.1. The standard InChI is InChI=1S/C12H20BIN3O2P/c1-11(2)12(3,4)19-13(18-11)8-5-6-10(9(15)7-8)17(16)20-14/h5-7,20H,15-16H2,1-4H3. The van der Waals surface area contributed by atoms with E-state index < -0.39 is 7.12 Å². The first-order valence-electron chi connectivity index (χ1n) is 6.34. The Hall–Kier alpha value is -0.0751. The highest BCUT2D eigenvalue weighted by Crippen LogP contribution is 2.37. The number of hydrogen-bond acceptors (Lipinski definition) is 5. The summed E-state index contributed by atoms with van der Waals surface area (Å²) in [5, 5.41) is 0. The highest BCUT2D eigenvalue weighted by Gasteiger charge is 2.51. The quantitative estimate of drug-likeness (QED) is 0.201. The monoisotopic (exact) mass is 407 g/mol. The van der Waals surface area contributed by atoms with Gasteiger partial charge >= 0.3 is 7.12 Å². The van der Waals surface area contributed by atoms with E-state index in [0.717, 1.165) is 11.2 Å². The van der Waals surface area contributed by atoms with Gasteiger partial charge in [-0.3, -0.25) is 4.78 Å². The lowest BCUT2D eigenvalue weighted by Gasteiger charge is -2.32. The molecule has 2 rings (SSSR count). The van der Waals surface area contributed by atoms with Gasteiger partial charge in [0.05, 0.1) is 29.0 Å². The predicted molar refractivity (Wildman–Crippen MR) is 95.6 cm³/mol. The summed E-state index contributed by atoms with van der Waals surface area (Å²) < 4.78 is 13.6. The van der Waals surface area contributed by atoms with E-state index in [1.165, 1.54) is 0 Å². The second-order valence-electron chi connectivity index (χ2n) is 5.86. The molecule has 4 N–H and O–H groups in total. The number of nitrogen functional groups attached to an aromatic ring is 1. The minimum absolute atomic E-state index is 0.353. The van der Waals surface area contributed by atoms with Crippen LogP contribution < -0.4 is 21.8 Å². The Morgan fingerprint density at radius 2 is 1.75 bits per heavy atom. The lowest BCUT2D eigenvalue weighted by molar-refractivity contribution is 0.00578. The molecule has 1 aliphatic heterocycles. The molecule has 1 atom stereocenters. The molecule has 1 fully saturated rings. The maximum absolute atomic E-state index is 6.07. The van der Waals surface area contributed by atoms with Gasteiger partial charge in [-0.1, -0.05) is 6.07 Å². The Morgan fingerprint density at radius 1 is 1.20 bits per heavy atom. The van der Waals surface area contributed by atoms with Crippen LogP contribution in [0.2, 0.25) is 0 Å². The van der Waals surface area contributed by atoms with E-state index in [-0.39, 0.29) is 11.2 Å². The van der Waals surface area contributed by atoms with Gasteiger partial charge in [0.25, 0.3) is 0 Å². The van der Waals surface area contributed by atoms with Crippen LogP contribution in [-0.4, -0.2) is 18.3 Å². The van der Waals surface area contributed by atoms with Crippen LogP contribution in [0, 0.1) is 0 Å². The smallest absolute Gasteiger partial charge is 0.399 e. The minimum Gasteiger partial charge on any atom is -0.399 e. The van der Waals surface area contributed by atoms with Gasteiger partial charge in [-0.15, -0.1) is 0 Å². The molecule has 20 heavy (non-hydrogen) atoms. The van der Waals surface area contributed by atoms with Gasteiger partial charge in [-0.25, -0.2) is 5.84 Å². The number of nitrogens with zero attached hydrogens (tertiary/aromatic N) is 1. The predicted octanol–water partition coefficient (Wildman–Crippen LogP) is 2.19. The summed E-state index contributed by atoms with van der Waals surface area (Å²) in [4.78, 5) is 0. The van der Waals surface area contributed by atoms with Gasteiger partial charge in [0.1, 0.15) is 0 Å². The summed E-state index contributed by atoms with van der Waals surface area (Å²) >= 11 is 2.21. The van der Waals surface area contributed by atoms with Crippen LogP contribution in [0.4, 0.5) is 11.4 Å². The number of rotatable bonds is 3. The normalized spacial score (nSPS) is 20.8. The van der Waals surface area contributed by atoms with Crippen molar-refractivity contribution in [2.45, 2.75) is 38.9 Å². The molecule has 0 bridgehead atoms. The van der Waals surface area contributed by atoms with E-state index in [4.69, 9.17) is 20.9 Å². The van der Waals surface area contributed by atoms with Crippen LogP contribution in [0.5, 0.6) is 0 Å². The van der Waals surface area contributed by atoms with Crippen molar-refractivity contribution in [3.8, 4) is 0 Å². The summed E-state index contributed by atoms with van der Waals surface area (Å²) in [6.45, 7) is 8.13. The fourth-order valence-corrected chi connectivity index (χ4v) is 3.04. The van der Waals surface area contributed by atoms with Crippen molar-refractivity contribution in [1.82, 2.24) is 0 Å². The molecule has 1 unspecified atom stereocenters. The van der Waals surface area contributed by atoms with E-state index in [0.29, 0.717) is 12.1 Å². The first-order chi connectivity index (χ1) is 9.18. The molecule has 110 valence electrons. The molecule has 0 aliphatic carbocycles. The Labute approximate surface area is 135 Å². The van der Waals surface area contributed by atoms with Crippen LogP contribution in [0.1, 0.15) is 27.7 Å². The maximum atomic E-state index is 6.07. The van der Waals surface area contributed by atoms with Crippen molar-refractivity contribution >= 4 is 52.4 Å². The Bertz CT molecular complexity index is 499. The number of halogens is 1. The van der Waals surface area contributed by atoms with Gasteiger partial charge in [0, 0.05) is 0 Å². The van der Waals surface area contributed by atoms with Crippen molar-refractivity contribution in [3.05, 3.63) is 18.2 Å². The van der Waals surface area contributed by atoms with Crippen molar-refractivity contribution in [2.24, 2.45) is 5.84 Å². The summed E-state index contributed by atoms with van der Waals surface area (Å²) in [7, 11) is -0.398. The number of anilines is 2. The van der Waals surface area contributed by atoms with Gasteiger partial charge in [-0.2, -0.15) is 0 Å². The lowest BCUT2D eigenvalue weighted by Crippen LogP contribution is -2.41. The Kier molecular flexibility index (Phi) is 4.57. The number of benzene rings is 1. The maximum Gasteiger partial charge on any atom is 0.494 e. The molecular formula is C12H20BIN3O2P. The largest absolute Gasteiger partial charge is 0.494 e. The average Bonchev–Trinajstić information content (AvgIpc) is 2.57. The van der Waals surface area contributed by atoms with Gasteiger partial charge in [-0.05, 0) is 67.3 Å². The van der Waals surface area contributed by atoms with Gasteiger partial charge < -0.3 is 15.0 Å². The first-order valence-corrected chi connectivity index (χ1v) is 10.4. The van der Waals surface area contributed by atoms with Crippen molar-refractivity contribution in [1.29, 1.82) is 0 Å². The summed E-state index contributed by atoms with van der Waals surface area (Å²) in [6.07, 6.45) is 0.430. The lowest BCUT2D eigenvalue weighted by atomic mass is 9.79. The molecule has 1 aromatic carbocycles. The van der Waals surface area contributed by atoms with E-state index in [1.807, 2.05) is 45.9 Å². The van der Waals surface area contributed by atoms with Crippen LogP contribution in [0.3, 0.4) is 0 Å². The fraction of sp³-hybridized carbons (Fsp3) is 0.500. The Balaban J connectivity index is 2.26. The highest BCUT2D eigenvalue weighted by molar-refractivity contribution is 14.2. The molecule has 1 saturated heterocycles. The molecular weight excluding hydrogens is 387 g/mol. The fourth-order valence-electron chi connectivity index (χ4n) is 1.96. The summed E-state index contributed by atoms with van der Waals surface area (Å²) in [6, 6.07) is 5.72. The van der Waals surface area contributed by atoms with Gasteiger partial charge in [0.2, 0.25) is 0 Å². The third-order valence-corrected chi connectivity index (χ3v) is 5.91. The molecule has 1 heterocycles. The van der Waals surface area contributed by atoms with Crippen LogP contribution in [0.15, 0.2) is 18.2 Å². The minimum atomic E-state index is -0.398. The topological polar surface area (TPSA) is 73.7 Å². The molecule has 0 saturated carbocycles. The van der Waals surface area contributed by atoms with Crippen LogP contribution >= 0.6 is 28.4 Å². The van der Waals surface area contributed by atoms with E-state index in [9.17, 15) is 0 Å². The second kappa shape index (κ2) is 5.61. The van der Waals surface area contributed by atoms with E-state index in [1.54, 1.807) is 4.78 Å². The summed E-state index contributed by atoms with van der Waals surface area (Å²) in [5.41, 5.74) is 7.72. The van der Waals surface area contributed by atoms with Crippen LogP contribution in [-0.2, 0) is 9.31 Å². The number of hydrazine groups is 1. The van der Waals surface area contributed by atoms with E-state index in [2.05, 4.69) is 22.0 Å². The molecule has 0 amide bonds.